The second-order valence-corrected chi connectivity index (χ2v) is 4.61. The van der Waals surface area contributed by atoms with Crippen LogP contribution in [0.3, 0.4) is 0 Å². The van der Waals surface area contributed by atoms with Gasteiger partial charge < -0.3 is 10.5 Å². The molecule has 0 bridgehead atoms. The van der Waals surface area contributed by atoms with E-state index in [-0.39, 0.29) is 6.42 Å². The Morgan fingerprint density at radius 2 is 1.68 bits per heavy atom. The number of carbonyl (C=O) groups excluding carboxylic acids is 2. The topological polar surface area (TPSA) is 69.4 Å². The third-order valence-electron chi connectivity index (χ3n) is 2.78. The van der Waals surface area contributed by atoms with Gasteiger partial charge in [-0.05, 0) is 35.7 Å². The fraction of sp³-hybridized carbons (Fsp3) is 0.111. The summed E-state index contributed by atoms with van der Waals surface area (Å²) in [6.45, 7) is 0.489. The summed E-state index contributed by atoms with van der Waals surface area (Å²) in [7, 11) is 0. The molecule has 4 heteroatoms. The molecule has 2 rings (SSSR count). The van der Waals surface area contributed by atoms with Crippen molar-refractivity contribution in [1.29, 1.82) is 0 Å². The second-order valence-electron chi connectivity index (χ2n) is 4.61. The molecule has 22 heavy (non-hydrogen) atoms. The highest BCUT2D eigenvalue weighted by molar-refractivity contribution is 6.06. The van der Waals surface area contributed by atoms with E-state index in [0.717, 1.165) is 11.3 Å². The summed E-state index contributed by atoms with van der Waals surface area (Å²) in [4.78, 5) is 21.8. The largest absolute Gasteiger partial charge is 0.489 e. The molecule has 2 aromatic rings. The van der Waals surface area contributed by atoms with Gasteiger partial charge in [-0.2, -0.15) is 0 Å². The molecule has 0 atom stereocenters. The summed E-state index contributed by atoms with van der Waals surface area (Å²) in [6.07, 6.45) is -0.356. The van der Waals surface area contributed by atoms with Gasteiger partial charge in [0.05, 0.1) is 6.42 Å². The van der Waals surface area contributed by atoms with Gasteiger partial charge in [0.15, 0.2) is 0 Å². The van der Waals surface area contributed by atoms with Crippen molar-refractivity contribution < 1.29 is 14.3 Å². The first-order valence-electron chi connectivity index (χ1n) is 6.73. The number of amides is 1. The van der Waals surface area contributed by atoms with Gasteiger partial charge in [0.1, 0.15) is 12.4 Å². The molecule has 0 spiro atoms. The van der Waals surface area contributed by atoms with E-state index in [2.05, 4.69) is 11.8 Å². The van der Waals surface area contributed by atoms with Gasteiger partial charge >= 0.3 is 0 Å². The minimum absolute atomic E-state index is 0.356. The molecule has 0 aromatic heterocycles. The van der Waals surface area contributed by atoms with E-state index in [1.165, 1.54) is 0 Å². The van der Waals surface area contributed by atoms with E-state index in [0.29, 0.717) is 12.2 Å². The van der Waals surface area contributed by atoms with Gasteiger partial charge in [-0.15, -0.1) is 0 Å². The summed E-state index contributed by atoms with van der Waals surface area (Å²) in [5.74, 6) is 4.62. The second kappa shape index (κ2) is 7.65. The number of nitrogens with two attached hydrogens (primary N) is 1. The van der Waals surface area contributed by atoms with E-state index >= 15 is 0 Å². The van der Waals surface area contributed by atoms with Crippen LogP contribution in [-0.2, 0) is 16.2 Å². The lowest BCUT2D eigenvalue weighted by Gasteiger charge is -2.05. The molecule has 0 heterocycles. The number of rotatable bonds is 5. The molecule has 0 radical (unpaired) electrons. The van der Waals surface area contributed by atoms with E-state index in [1.807, 2.05) is 30.3 Å². The van der Waals surface area contributed by atoms with Crippen LogP contribution < -0.4 is 10.5 Å². The predicted octanol–water partition coefficient (Wildman–Crippen LogP) is 2.06. The van der Waals surface area contributed by atoms with Gasteiger partial charge in [0.25, 0.3) is 0 Å². The van der Waals surface area contributed by atoms with E-state index < -0.39 is 11.7 Å². The highest BCUT2D eigenvalue weighted by Crippen LogP contribution is 2.13. The van der Waals surface area contributed by atoms with Crippen LogP contribution in [0.2, 0.25) is 0 Å². The van der Waals surface area contributed by atoms with Crippen LogP contribution in [-0.4, -0.2) is 11.7 Å². The highest BCUT2D eigenvalue weighted by Gasteiger charge is 2.01. The Bertz CT molecular complexity index is 709. The van der Waals surface area contributed by atoms with Crippen LogP contribution in [0, 0.1) is 11.8 Å². The van der Waals surface area contributed by atoms with Crippen LogP contribution >= 0.6 is 0 Å². The number of benzene rings is 2. The first kappa shape index (κ1) is 15.3. The Morgan fingerprint density at radius 1 is 1.00 bits per heavy atom. The maximum Gasteiger partial charge on any atom is 0.225 e. The number of ketones is 1. The normalized spacial score (nSPS) is 9.45. The van der Waals surface area contributed by atoms with Crippen LogP contribution in [0.1, 0.15) is 17.5 Å². The molecule has 2 N–H and O–H groups in total. The summed E-state index contributed by atoms with van der Waals surface area (Å²) in [5, 5.41) is 0. The molecule has 0 aliphatic heterocycles. The Hall–Kier alpha value is -3.06. The molecular weight excluding hydrogens is 278 g/mol. The van der Waals surface area contributed by atoms with Crippen LogP contribution in [0.5, 0.6) is 5.75 Å². The first-order chi connectivity index (χ1) is 10.6. The molecule has 0 fully saturated rings. The van der Waals surface area contributed by atoms with E-state index in [9.17, 15) is 9.59 Å². The lowest BCUT2D eigenvalue weighted by molar-refractivity contribution is -0.123. The molecule has 0 aliphatic rings. The van der Waals surface area contributed by atoms with Crippen LogP contribution in [0.25, 0.3) is 0 Å². The van der Waals surface area contributed by atoms with Crippen molar-refractivity contribution in [3.05, 3.63) is 65.7 Å². The lowest BCUT2D eigenvalue weighted by atomic mass is 10.2. The monoisotopic (exact) mass is 293 g/mol. The maximum absolute atomic E-state index is 11.3. The van der Waals surface area contributed by atoms with Crippen molar-refractivity contribution in [2.24, 2.45) is 5.73 Å². The number of ether oxygens (including phenoxy) is 1. The zero-order chi connectivity index (χ0) is 15.8. The van der Waals surface area contributed by atoms with Gasteiger partial charge in [-0.3, -0.25) is 9.59 Å². The minimum atomic E-state index is -0.677. The smallest absolute Gasteiger partial charge is 0.225 e. The molecule has 0 unspecified atom stereocenters. The molecule has 110 valence electrons. The average molecular weight is 293 g/mol. The molecule has 1 amide bonds. The van der Waals surface area contributed by atoms with Gasteiger partial charge in [0.2, 0.25) is 11.7 Å². The SMILES string of the molecule is NC(=O)CC(=O)C#Cc1ccc(OCc2ccccc2)cc1. The minimum Gasteiger partial charge on any atom is -0.489 e. The standard InChI is InChI=1S/C18H15NO3/c19-18(21)12-16(20)9-6-14-7-10-17(11-8-14)22-13-15-4-2-1-3-5-15/h1-5,7-8,10-11H,12-13H2,(H2,19,21). The van der Waals surface area contributed by atoms with E-state index in [1.54, 1.807) is 24.3 Å². The van der Waals surface area contributed by atoms with Gasteiger partial charge in [-0.25, -0.2) is 0 Å². The zero-order valence-electron chi connectivity index (χ0n) is 11.9. The van der Waals surface area contributed by atoms with Crippen molar-refractivity contribution in [2.75, 3.05) is 0 Å². The number of hydrogen-bond donors (Lipinski definition) is 1. The number of primary amides is 1. The quantitative estimate of drug-likeness (QED) is 0.677. The maximum atomic E-state index is 11.3. The molecule has 2 aromatic carbocycles. The summed E-state index contributed by atoms with van der Waals surface area (Å²) in [6, 6.07) is 16.9. The van der Waals surface area contributed by atoms with Gasteiger partial charge in [0, 0.05) is 5.56 Å². The zero-order valence-corrected chi connectivity index (χ0v) is 11.9. The summed E-state index contributed by atoms with van der Waals surface area (Å²) >= 11 is 0. The molecule has 0 saturated carbocycles. The van der Waals surface area contributed by atoms with Crippen molar-refractivity contribution >= 4 is 11.7 Å². The number of carbonyl (C=O) groups is 2. The fourth-order valence-electron chi connectivity index (χ4n) is 1.72. The Labute approximate surface area is 128 Å². The van der Waals surface area contributed by atoms with Crippen molar-refractivity contribution in [3.8, 4) is 17.6 Å². The van der Waals surface area contributed by atoms with Crippen molar-refractivity contribution in [3.63, 3.8) is 0 Å². The Balaban J connectivity index is 1.92. The van der Waals surface area contributed by atoms with Crippen LogP contribution in [0.4, 0.5) is 0 Å². The molecule has 0 saturated heterocycles. The molecular formula is C18H15NO3. The third-order valence-corrected chi connectivity index (χ3v) is 2.78. The lowest BCUT2D eigenvalue weighted by Crippen LogP contribution is -2.14. The molecule has 0 aliphatic carbocycles. The van der Waals surface area contributed by atoms with Crippen molar-refractivity contribution in [1.82, 2.24) is 0 Å². The average Bonchev–Trinajstić information content (AvgIpc) is 2.52. The Kier molecular flexibility index (Phi) is 5.33. The third kappa shape index (κ3) is 5.14. The van der Waals surface area contributed by atoms with Crippen molar-refractivity contribution in [2.45, 2.75) is 13.0 Å². The van der Waals surface area contributed by atoms with E-state index in [4.69, 9.17) is 10.5 Å². The Morgan fingerprint density at radius 3 is 2.32 bits per heavy atom. The fourth-order valence-corrected chi connectivity index (χ4v) is 1.72. The van der Waals surface area contributed by atoms with Gasteiger partial charge in [-0.1, -0.05) is 36.3 Å². The summed E-state index contributed by atoms with van der Waals surface area (Å²) in [5.41, 5.74) is 6.68. The number of Topliss-reactive ketones (excluding diaryl/α,β-unsaturated/α-hetero) is 1. The number of hydrogen-bond acceptors (Lipinski definition) is 3. The summed E-state index contributed by atoms with van der Waals surface area (Å²) < 4.78 is 5.65. The highest BCUT2D eigenvalue weighted by atomic mass is 16.5. The molecule has 4 nitrogen and oxygen atoms in total. The first-order valence-corrected chi connectivity index (χ1v) is 6.73. The predicted molar refractivity (Wildman–Crippen MR) is 82.9 cm³/mol. The van der Waals surface area contributed by atoms with Crippen LogP contribution in [0.15, 0.2) is 54.6 Å².